The minimum Gasteiger partial charge on any atom is -0.373 e. The maximum absolute atomic E-state index is 12.4. The number of hydrogen-bond acceptors (Lipinski definition) is 4. The number of amides is 1. The number of hydrogen-bond donors (Lipinski definition) is 1. The second kappa shape index (κ2) is 8.72. The zero-order chi connectivity index (χ0) is 18.7. The molecule has 7 heteroatoms. The highest BCUT2D eigenvalue weighted by molar-refractivity contribution is 7.20. The number of carbonyl (C=O) groups is 1. The average molecular weight is 413 g/mol. The second-order valence-electron chi connectivity index (χ2n) is 6.64. The fraction of sp³-hybridized carbons (Fsp3) is 0.421. The third kappa shape index (κ3) is 4.99. The molecular weight excluding hydrogens is 391 g/mol. The highest BCUT2D eigenvalue weighted by Crippen LogP contribution is 2.31. The van der Waals surface area contributed by atoms with Gasteiger partial charge in [-0.15, -0.1) is 11.3 Å². The molecular formula is C19H22Cl2N2O2S. The number of nitrogens with one attached hydrogen (secondary N) is 1. The topological polar surface area (TPSA) is 41.6 Å². The lowest BCUT2D eigenvalue weighted by Gasteiger charge is -2.35. The van der Waals surface area contributed by atoms with Crippen molar-refractivity contribution in [2.45, 2.75) is 39.1 Å². The van der Waals surface area contributed by atoms with Gasteiger partial charge in [-0.05, 0) is 31.0 Å². The van der Waals surface area contributed by atoms with Gasteiger partial charge in [-0.1, -0.05) is 47.5 Å². The third-order valence-electron chi connectivity index (χ3n) is 4.35. The molecule has 0 saturated carbocycles. The first-order valence-electron chi connectivity index (χ1n) is 8.60. The van der Waals surface area contributed by atoms with Gasteiger partial charge in [-0.25, -0.2) is 0 Å². The summed E-state index contributed by atoms with van der Waals surface area (Å²) in [5.41, 5.74) is 2.74. The number of carbonyl (C=O) groups excluding carboxylic acids is 1. The number of nitrogens with zero attached hydrogens (tertiary/aromatic N) is 1. The Bertz CT molecular complexity index is 771. The van der Waals surface area contributed by atoms with E-state index in [1.54, 1.807) is 6.07 Å². The first-order chi connectivity index (χ1) is 12.4. The number of thiophene rings is 1. The summed E-state index contributed by atoms with van der Waals surface area (Å²) in [5, 5.41) is 2.95. The van der Waals surface area contributed by atoms with Crippen LogP contribution in [0.5, 0.6) is 0 Å². The van der Waals surface area contributed by atoms with E-state index in [4.69, 9.17) is 27.9 Å². The van der Waals surface area contributed by atoms with Crippen LogP contribution in [0.2, 0.25) is 8.67 Å². The lowest BCUT2D eigenvalue weighted by Crippen LogP contribution is -2.45. The molecule has 0 aliphatic carbocycles. The van der Waals surface area contributed by atoms with Gasteiger partial charge >= 0.3 is 0 Å². The van der Waals surface area contributed by atoms with Crippen LogP contribution in [0.4, 0.5) is 0 Å². The average Bonchev–Trinajstić information content (AvgIpc) is 2.91. The van der Waals surface area contributed by atoms with Crippen LogP contribution in [-0.2, 0) is 17.8 Å². The maximum atomic E-state index is 12.4. The first-order valence-corrected chi connectivity index (χ1v) is 10.2. The molecule has 1 fully saturated rings. The molecule has 1 N–H and O–H groups in total. The normalized spacial score (nSPS) is 20.9. The Labute approximate surface area is 168 Å². The Morgan fingerprint density at radius 1 is 1.23 bits per heavy atom. The van der Waals surface area contributed by atoms with E-state index in [2.05, 4.69) is 30.1 Å². The van der Waals surface area contributed by atoms with Crippen molar-refractivity contribution < 1.29 is 9.53 Å². The minimum absolute atomic E-state index is 0.207. The summed E-state index contributed by atoms with van der Waals surface area (Å²) in [5.74, 6) is -0.207. The largest absolute Gasteiger partial charge is 0.373 e. The SMILES string of the molecule is CC1CN(Cc2ccccc2CNC(=O)c2cc(Cl)sc2Cl)CC(C)O1. The second-order valence-corrected chi connectivity index (χ2v) is 8.93. The molecule has 0 radical (unpaired) electrons. The third-order valence-corrected chi connectivity index (χ3v) is 5.84. The highest BCUT2D eigenvalue weighted by atomic mass is 35.5. The predicted octanol–water partition coefficient (Wildman–Crippen LogP) is 4.59. The minimum atomic E-state index is -0.207. The van der Waals surface area contributed by atoms with Crippen LogP contribution in [0.1, 0.15) is 35.3 Å². The smallest absolute Gasteiger partial charge is 0.253 e. The van der Waals surface area contributed by atoms with E-state index in [9.17, 15) is 4.79 Å². The van der Waals surface area contributed by atoms with Crippen molar-refractivity contribution in [3.05, 3.63) is 55.7 Å². The van der Waals surface area contributed by atoms with Crippen molar-refractivity contribution in [2.75, 3.05) is 13.1 Å². The Hall–Kier alpha value is -1.11. The molecule has 2 unspecified atom stereocenters. The lowest BCUT2D eigenvalue weighted by atomic mass is 10.1. The summed E-state index contributed by atoms with van der Waals surface area (Å²) in [7, 11) is 0. The molecule has 1 saturated heterocycles. The van der Waals surface area contributed by atoms with Crippen molar-refractivity contribution in [1.82, 2.24) is 10.2 Å². The van der Waals surface area contributed by atoms with E-state index in [0.29, 0.717) is 20.8 Å². The van der Waals surface area contributed by atoms with Crippen LogP contribution >= 0.6 is 34.5 Å². The molecule has 1 aliphatic heterocycles. The highest BCUT2D eigenvalue weighted by Gasteiger charge is 2.22. The van der Waals surface area contributed by atoms with Crippen LogP contribution in [-0.4, -0.2) is 36.1 Å². The molecule has 2 heterocycles. The van der Waals surface area contributed by atoms with Crippen LogP contribution < -0.4 is 5.32 Å². The van der Waals surface area contributed by atoms with E-state index in [1.807, 2.05) is 18.2 Å². The number of morpholine rings is 1. The number of ether oxygens (including phenoxy) is 1. The van der Waals surface area contributed by atoms with Crippen LogP contribution in [0.3, 0.4) is 0 Å². The lowest BCUT2D eigenvalue weighted by molar-refractivity contribution is -0.0705. The molecule has 0 spiro atoms. The van der Waals surface area contributed by atoms with Crippen LogP contribution in [0.25, 0.3) is 0 Å². The van der Waals surface area contributed by atoms with Gasteiger partial charge in [0.15, 0.2) is 0 Å². The molecule has 0 bridgehead atoms. The molecule has 1 aromatic heterocycles. The van der Waals surface area contributed by atoms with Gasteiger partial charge < -0.3 is 10.1 Å². The molecule has 4 nitrogen and oxygen atoms in total. The molecule has 3 rings (SSSR count). The fourth-order valence-corrected chi connectivity index (χ4v) is 4.76. The van der Waals surface area contributed by atoms with E-state index >= 15 is 0 Å². The first kappa shape index (κ1) is 19.6. The van der Waals surface area contributed by atoms with Crippen molar-refractivity contribution in [2.24, 2.45) is 0 Å². The van der Waals surface area contributed by atoms with Gasteiger partial charge in [0.1, 0.15) is 4.34 Å². The zero-order valence-electron chi connectivity index (χ0n) is 14.8. The van der Waals surface area contributed by atoms with Crippen molar-refractivity contribution in [1.29, 1.82) is 0 Å². The summed E-state index contributed by atoms with van der Waals surface area (Å²) >= 11 is 13.2. The molecule has 26 heavy (non-hydrogen) atoms. The van der Waals surface area contributed by atoms with Gasteiger partial charge in [-0.3, -0.25) is 9.69 Å². The van der Waals surface area contributed by atoms with Gasteiger partial charge in [0.2, 0.25) is 0 Å². The molecule has 2 aromatic rings. The fourth-order valence-electron chi connectivity index (χ4n) is 3.30. The molecule has 1 aliphatic rings. The Morgan fingerprint density at radius 3 is 2.50 bits per heavy atom. The van der Waals surface area contributed by atoms with E-state index in [-0.39, 0.29) is 18.1 Å². The van der Waals surface area contributed by atoms with Gasteiger partial charge in [0.05, 0.1) is 22.1 Å². The Kier molecular flexibility index (Phi) is 6.59. The van der Waals surface area contributed by atoms with E-state index in [0.717, 1.165) is 25.2 Å². The quantitative estimate of drug-likeness (QED) is 0.780. The molecule has 1 aromatic carbocycles. The van der Waals surface area contributed by atoms with E-state index < -0.39 is 0 Å². The summed E-state index contributed by atoms with van der Waals surface area (Å²) in [6.45, 7) is 7.32. The number of halogens is 2. The van der Waals surface area contributed by atoms with Gasteiger partial charge in [0, 0.05) is 26.2 Å². The molecule has 2 atom stereocenters. The summed E-state index contributed by atoms with van der Waals surface area (Å²) in [6.07, 6.45) is 0.465. The molecule has 140 valence electrons. The number of rotatable bonds is 5. The van der Waals surface area contributed by atoms with E-state index in [1.165, 1.54) is 16.9 Å². The zero-order valence-corrected chi connectivity index (χ0v) is 17.1. The van der Waals surface area contributed by atoms with Crippen molar-refractivity contribution >= 4 is 40.4 Å². The summed E-state index contributed by atoms with van der Waals surface area (Å²) < 4.78 is 6.73. The maximum Gasteiger partial charge on any atom is 0.253 e. The molecule has 1 amide bonds. The van der Waals surface area contributed by atoms with Crippen molar-refractivity contribution in [3.8, 4) is 0 Å². The Morgan fingerprint density at radius 2 is 1.88 bits per heavy atom. The standard InChI is InChI=1S/C19H22Cl2N2O2S/c1-12-9-23(10-13(2)25-12)11-15-6-4-3-5-14(15)8-22-19(24)16-7-17(20)26-18(16)21/h3-7,12-13H,8-11H2,1-2H3,(H,22,24). The van der Waals surface area contributed by atoms with Gasteiger partial charge in [-0.2, -0.15) is 0 Å². The summed E-state index contributed by atoms with van der Waals surface area (Å²) in [4.78, 5) is 14.8. The van der Waals surface area contributed by atoms with Crippen LogP contribution in [0, 0.1) is 0 Å². The summed E-state index contributed by atoms with van der Waals surface area (Å²) in [6, 6.07) is 9.78. The number of benzene rings is 1. The monoisotopic (exact) mass is 412 g/mol. The van der Waals surface area contributed by atoms with Crippen LogP contribution in [0.15, 0.2) is 30.3 Å². The van der Waals surface area contributed by atoms with Crippen molar-refractivity contribution in [3.63, 3.8) is 0 Å². The predicted molar refractivity (Wildman–Crippen MR) is 107 cm³/mol. The Balaban J connectivity index is 1.65. The van der Waals surface area contributed by atoms with Gasteiger partial charge in [0.25, 0.3) is 5.91 Å².